The minimum Gasteiger partial charge on any atom is -0.367 e. The van der Waals surface area contributed by atoms with Crippen molar-refractivity contribution < 1.29 is 9.59 Å². The number of carbonyl (C=O) groups excluding carboxylic acids is 2. The Labute approximate surface area is 189 Å². The number of aryl methyl sites for hydroxylation is 1. The van der Waals surface area contributed by atoms with Crippen molar-refractivity contribution in [1.82, 2.24) is 20.2 Å². The van der Waals surface area contributed by atoms with Gasteiger partial charge in [0.1, 0.15) is 11.5 Å². The summed E-state index contributed by atoms with van der Waals surface area (Å²) < 4.78 is 0. The molecule has 4 rings (SSSR count). The van der Waals surface area contributed by atoms with E-state index >= 15 is 0 Å². The standard InChI is InChI=1S/C24H32N6O2/c1-4-5-23(31)28-22-12-17(10-11-26-22)13-30-18-6-7-19(30)15-29(14-18)21-9-8-20(24(32)25-3)27-16(21)2/h8-12,18-19H,4-7,13-15H2,1-3H3,(H,25,32)(H,26,28,31). The molecule has 0 spiro atoms. The highest BCUT2D eigenvalue weighted by molar-refractivity contribution is 5.92. The molecule has 2 aliphatic heterocycles. The summed E-state index contributed by atoms with van der Waals surface area (Å²) in [5.41, 5.74) is 3.62. The Balaban J connectivity index is 1.43. The number of piperazine rings is 1. The van der Waals surface area contributed by atoms with Gasteiger partial charge in [0.05, 0.1) is 11.4 Å². The topological polar surface area (TPSA) is 90.5 Å². The van der Waals surface area contributed by atoms with Crippen molar-refractivity contribution in [2.75, 3.05) is 30.4 Å². The molecular formula is C24H32N6O2. The van der Waals surface area contributed by atoms with Crippen molar-refractivity contribution in [3.8, 4) is 0 Å². The van der Waals surface area contributed by atoms with E-state index in [2.05, 4.69) is 30.4 Å². The first-order chi connectivity index (χ1) is 15.5. The monoisotopic (exact) mass is 436 g/mol. The van der Waals surface area contributed by atoms with E-state index in [9.17, 15) is 9.59 Å². The van der Waals surface area contributed by atoms with Gasteiger partial charge in [-0.15, -0.1) is 0 Å². The van der Waals surface area contributed by atoms with Crippen molar-refractivity contribution in [3.05, 3.63) is 47.4 Å². The Kier molecular flexibility index (Phi) is 6.69. The van der Waals surface area contributed by atoms with Crippen LogP contribution in [-0.2, 0) is 11.3 Å². The van der Waals surface area contributed by atoms with Crippen LogP contribution < -0.4 is 15.5 Å². The summed E-state index contributed by atoms with van der Waals surface area (Å²) in [6.45, 7) is 6.72. The molecule has 2 aliphatic rings. The molecule has 0 saturated carbocycles. The van der Waals surface area contributed by atoms with Crippen LogP contribution in [0.15, 0.2) is 30.5 Å². The molecule has 170 valence electrons. The van der Waals surface area contributed by atoms with Gasteiger partial charge in [-0.25, -0.2) is 9.97 Å². The molecule has 4 heterocycles. The van der Waals surface area contributed by atoms with Crippen LogP contribution >= 0.6 is 0 Å². The summed E-state index contributed by atoms with van der Waals surface area (Å²) in [5, 5.41) is 5.53. The van der Waals surface area contributed by atoms with Crippen LogP contribution in [0.5, 0.6) is 0 Å². The lowest BCUT2D eigenvalue weighted by Crippen LogP contribution is -2.53. The summed E-state index contributed by atoms with van der Waals surface area (Å²) >= 11 is 0. The van der Waals surface area contributed by atoms with Gasteiger partial charge >= 0.3 is 0 Å². The third kappa shape index (κ3) is 4.75. The van der Waals surface area contributed by atoms with Crippen molar-refractivity contribution in [1.29, 1.82) is 0 Å². The van der Waals surface area contributed by atoms with Gasteiger partial charge in [-0.05, 0) is 56.0 Å². The van der Waals surface area contributed by atoms with E-state index in [0.29, 0.717) is 30.0 Å². The molecule has 2 aromatic rings. The number of nitrogens with zero attached hydrogens (tertiary/aromatic N) is 4. The highest BCUT2D eigenvalue weighted by atomic mass is 16.2. The molecule has 2 bridgehead atoms. The van der Waals surface area contributed by atoms with E-state index in [0.717, 1.165) is 37.4 Å². The summed E-state index contributed by atoms with van der Waals surface area (Å²) in [5.74, 6) is 0.481. The maximum Gasteiger partial charge on any atom is 0.269 e. The van der Waals surface area contributed by atoms with Crippen LogP contribution in [0, 0.1) is 6.92 Å². The number of hydrogen-bond donors (Lipinski definition) is 2. The zero-order valence-electron chi connectivity index (χ0n) is 19.1. The second-order valence-electron chi connectivity index (χ2n) is 8.69. The second-order valence-corrected chi connectivity index (χ2v) is 8.69. The Hall–Kier alpha value is -3.00. The Morgan fingerprint density at radius 1 is 1.16 bits per heavy atom. The SMILES string of the molecule is CCCC(=O)Nc1cc(CN2C3CCC2CN(c2ccc(C(=O)NC)nc2C)C3)ccn1. The molecule has 2 unspecified atom stereocenters. The third-order valence-corrected chi connectivity index (χ3v) is 6.43. The maximum atomic E-state index is 11.9. The lowest BCUT2D eigenvalue weighted by atomic mass is 10.1. The molecule has 2 atom stereocenters. The van der Waals surface area contributed by atoms with Gasteiger partial charge in [0.2, 0.25) is 5.91 Å². The van der Waals surface area contributed by atoms with Gasteiger partial charge in [-0.2, -0.15) is 0 Å². The number of pyridine rings is 2. The molecule has 0 aromatic carbocycles. The fourth-order valence-corrected chi connectivity index (χ4v) is 4.87. The van der Waals surface area contributed by atoms with E-state index < -0.39 is 0 Å². The molecular weight excluding hydrogens is 404 g/mol. The minimum absolute atomic E-state index is 0.0113. The quantitative estimate of drug-likeness (QED) is 0.694. The van der Waals surface area contributed by atoms with Gasteiger partial charge in [-0.1, -0.05) is 6.92 Å². The first kappa shape index (κ1) is 22.2. The lowest BCUT2D eigenvalue weighted by Gasteiger charge is -2.42. The first-order valence-electron chi connectivity index (χ1n) is 11.4. The molecule has 2 aromatic heterocycles. The number of nitrogens with one attached hydrogen (secondary N) is 2. The first-order valence-corrected chi connectivity index (χ1v) is 11.4. The Bertz CT molecular complexity index is 980. The van der Waals surface area contributed by atoms with Crippen LogP contribution in [0.1, 0.15) is 54.4 Å². The highest BCUT2D eigenvalue weighted by Crippen LogP contribution is 2.34. The number of aromatic nitrogens is 2. The van der Waals surface area contributed by atoms with E-state index in [-0.39, 0.29) is 11.8 Å². The van der Waals surface area contributed by atoms with Crippen molar-refractivity contribution >= 4 is 23.3 Å². The molecule has 2 amide bonds. The zero-order chi connectivity index (χ0) is 22.7. The van der Waals surface area contributed by atoms with Crippen molar-refractivity contribution in [2.45, 2.75) is 58.2 Å². The molecule has 2 fully saturated rings. The number of fused-ring (bicyclic) bond motifs is 2. The molecule has 2 N–H and O–H groups in total. The largest absolute Gasteiger partial charge is 0.367 e. The van der Waals surface area contributed by atoms with E-state index in [1.54, 1.807) is 19.3 Å². The van der Waals surface area contributed by atoms with Crippen LogP contribution in [0.2, 0.25) is 0 Å². The lowest BCUT2D eigenvalue weighted by molar-refractivity contribution is -0.116. The normalized spacial score (nSPS) is 20.3. The highest BCUT2D eigenvalue weighted by Gasteiger charge is 2.40. The average molecular weight is 437 g/mol. The number of amides is 2. The van der Waals surface area contributed by atoms with Gasteiger partial charge in [-0.3, -0.25) is 14.5 Å². The fourth-order valence-electron chi connectivity index (χ4n) is 4.87. The fraction of sp³-hybridized carbons (Fsp3) is 0.500. The van der Waals surface area contributed by atoms with Crippen LogP contribution in [0.3, 0.4) is 0 Å². The zero-order valence-corrected chi connectivity index (χ0v) is 19.1. The Morgan fingerprint density at radius 2 is 1.91 bits per heavy atom. The molecule has 8 heteroatoms. The van der Waals surface area contributed by atoms with Crippen LogP contribution in [0.4, 0.5) is 11.5 Å². The molecule has 32 heavy (non-hydrogen) atoms. The predicted octanol–water partition coefficient (Wildman–Crippen LogP) is 2.74. The van der Waals surface area contributed by atoms with Gasteiger partial charge < -0.3 is 15.5 Å². The number of hydrogen-bond acceptors (Lipinski definition) is 6. The predicted molar refractivity (Wildman–Crippen MR) is 125 cm³/mol. The van der Waals surface area contributed by atoms with Crippen molar-refractivity contribution in [2.24, 2.45) is 0 Å². The minimum atomic E-state index is -0.160. The van der Waals surface area contributed by atoms with E-state index in [4.69, 9.17) is 0 Å². The summed E-state index contributed by atoms with van der Waals surface area (Å²) in [6, 6.07) is 8.80. The number of carbonyl (C=O) groups is 2. The third-order valence-electron chi connectivity index (χ3n) is 6.43. The molecule has 0 radical (unpaired) electrons. The summed E-state index contributed by atoms with van der Waals surface area (Å²) in [6.07, 6.45) is 5.46. The summed E-state index contributed by atoms with van der Waals surface area (Å²) in [7, 11) is 1.62. The van der Waals surface area contributed by atoms with Gasteiger partial charge in [0.25, 0.3) is 5.91 Å². The Morgan fingerprint density at radius 3 is 2.56 bits per heavy atom. The van der Waals surface area contributed by atoms with Crippen LogP contribution in [-0.4, -0.2) is 58.9 Å². The van der Waals surface area contributed by atoms with E-state index in [1.807, 2.05) is 32.0 Å². The van der Waals surface area contributed by atoms with Crippen LogP contribution in [0.25, 0.3) is 0 Å². The molecule has 2 saturated heterocycles. The second kappa shape index (κ2) is 9.65. The smallest absolute Gasteiger partial charge is 0.269 e. The van der Waals surface area contributed by atoms with Gasteiger partial charge in [0, 0.05) is 51.4 Å². The van der Waals surface area contributed by atoms with E-state index in [1.165, 1.54) is 18.4 Å². The molecule has 0 aliphatic carbocycles. The maximum absolute atomic E-state index is 11.9. The van der Waals surface area contributed by atoms with Crippen molar-refractivity contribution in [3.63, 3.8) is 0 Å². The number of rotatable bonds is 7. The van der Waals surface area contributed by atoms with Gasteiger partial charge in [0.15, 0.2) is 0 Å². The molecule has 8 nitrogen and oxygen atoms in total. The number of anilines is 2. The average Bonchev–Trinajstić information content (AvgIpc) is 3.00. The summed E-state index contributed by atoms with van der Waals surface area (Å²) in [4.78, 5) is 37.6.